The van der Waals surface area contributed by atoms with Crippen LogP contribution in [0.4, 0.5) is 0 Å². The number of rotatable bonds is 3. The first kappa shape index (κ1) is 16.7. The minimum Gasteiger partial charge on any atom is -0.336 e. The van der Waals surface area contributed by atoms with Crippen LogP contribution in [0.2, 0.25) is 0 Å². The van der Waals surface area contributed by atoms with Crippen molar-refractivity contribution in [1.29, 1.82) is 0 Å². The van der Waals surface area contributed by atoms with Crippen molar-refractivity contribution in [1.82, 2.24) is 29.4 Å². The summed E-state index contributed by atoms with van der Waals surface area (Å²) in [5.41, 5.74) is 4.85. The average molecular weight is 330 g/mol. The molecule has 7 nitrogen and oxygen atoms in total. The molecule has 0 radical (unpaired) electrons. The molecule has 1 fully saturated rings. The molecule has 0 spiro atoms. The minimum atomic E-state index is 0.107. The number of carbonyl (C=O) groups excluding carboxylic acids is 1. The highest BCUT2D eigenvalue weighted by atomic mass is 16.2. The van der Waals surface area contributed by atoms with Crippen LogP contribution in [0.3, 0.4) is 0 Å². The van der Waals surface area contributed by atoms with Crippen LogP contribution < -0.4 is 0 Å². The molecule has 0 atom stereocenters. The topological polar surface area (TPSA) is 59.2 Å². The van der Waals surface area contributed by atoms with Crippen LogP contribution in [0.25, 0.3) is 0 Å². The fraction of sp³-hybridized carbons (Fsp3) is 0.588. The maximum Gasteiger partial charge on any atom is 0.257 e. The van der Waals surface area contributed by atoms with E-state index < -0.39 is 0 Å². The molecular formula is C17H26N6O. The van der Waals surface area contributed by atoms with Gasteiger partial charge >= 0.3 is 0 Å². The van der Waals surface area contributed by atoms with Gasteiger partial charge in [-0.2, -0.15) is 10.2 Å². The third kappa shape index (κ3) is 3.08. The highest BCUT2D eigenvalue weighted by molar-refractivity contribution is 5.96. The summed E-state index contributed by atoms with van der Waals surface area (Å²) < 4.78 is 3.64. The molecule has 0 unspecified atom stereocenters. The monoisotopic (exact) mass is 330 g/mol. The Hall–Kier alpha value is -2.15. The normalized spacial score (nSPS) is 16.0. The van der Waals surface area contributed by atoms with Crippen LogP contribution in [0.15, 0.2) is 6.20 Å². The van der Waals surface area contributed by atoms with Gasteiger partial charge in [-0.15, -0.1) is 0 Å². The quantitative estimate of drug-likeness (QED) is 0.844. The molecule has 3 heterocycles. The standard InChI is InChI=1S/C17H26N6O/c1-12-15(10-20(4)18-12)11-22-6-8-23(9-7-22)17(24)16-13(2)19-21(5)14(16)3/h10H,6-9,11H2,1-5H3. The van der Waals surface area contributed by atoms with Gasteiger partial charge < -0.3 is 4.90 Å². The number of carbonyl (C=O) groups is 1. The predicted molar refractivity (Wildman–Crippen MR) is 91.8 cm³/mol. The molecule has 1 aliphatic rings. The Morgan fingerprint density at radius 2 is 1.71 bits per heavy atom. The van der Waals surface area contributed by atoms with Gasteiger partial charge in [-0.1, -0.05) is 0 Å². The van der Waals surface area contributed by atoms with E-state index in [1.54, 1.807) is 4.68 Å². The molecule has 7 heteroatoms. The second-order valence-electron chi connectivity index (χ2n) is 6.65. The Kier molecular flexibility index (Phi) is 4.45. The zero-order chi connectivity index (χ0) is 17.4. The molecule has 0 aliphatic carbocycles. The van der Waals surface area contributed by atoms with Crippen LogP contribution in [0.5, 0.6) is 0 Å². The van der Waals surface area contributed by atoms with Gasteiger partial charge in [-0.05, 0) is 20.8 Å². The van der Waals surface area contributed by atoms with Gasteiger partial charge in [0.2, 0.25) is 0 Å². The summed E-state index contributed by atoms with van der Waals surface area (Å²) in [7, 11) is 3.83. The lowest BCUT2D eigenvalue weighted by atomic mass is 10.1. The Balaban J connectivity index is 1.62. The lowest BCUT2D eigenvalue weighted by Crippen LogP contribution is -2.48. The van der Waals surface area contributed by atoms with Crippen LogP contribution in [-0.4, -0.2) is 61.4 Å². The lowest BCUT2D eigenvalue weighted by Gasteiger charge is -2.34. The van der Waals surface area contributed by atoms with Crippen molar-refractivity contribution in [2.24, 2.45) is 14.1 Å². The number of piperazine rings is 1. The van der Waals surface area contributed by atoms with Gasteiger partial charge in [-0.25, -0.2) is 0 Å². The van der Waals surface area contributed by atoms with E-state index in [-0.39, 0.29) is 5.91 Å². The van der Waals surface area contributed by atoms with Crippen molar-refractivity contribution >= 4 is 5.91 Å². The van der Waals surface area contributed by atoms with Crippen molar-refractivity contribution in [3.63, 3.8) is 0 Å². The number of hydrogen-bond donors (Lipinski definition) is 0. The van der Waals surface area contributed by atoms with Crippen LogP contribution in [-0.2, 0) is 20.6 Å². The molecule has 1 amide bonds. The van der Waals surface area contributed by atoms with E-state index in [1.165, 1.54) is 5.56 Å². The maximum absolute atomic E-state index is 12.8. The summed E-state index contributed by atoms with van der Waals surface area (Å²) in [6.45, 7) is 10.1. The van der Waals surface area contributed by atoms with Gasteiger partial charge in [0.05, 0.1) is 17.0 Å². The first-order valence-electron chi connectivity index (χ1n) is 8.37. The molecular weight excluding hydrogens is 304 g/mol. The van der Waals surface area contributed by atoms with Crippen LogP contribution in [0.1, 0.15) is 33.0 Å². The Morgan fingerprint density at radius 1 is 1.04 bits per heavy atom. The number of amides is 1. The molecule has 130 valence electrons. The molecule has 1 saturated heterocycles. The van der Waals surface area contributed by atoms with Crippen molar-refractivity contribution in [3.8, 4) is 0 Å². The molecule has 0 N–H and O–H groups in total. The highest BCUT2D eigenvalue weighted by Gasteiger charge is 2.26. The molecule has 0 aromatic carbocycles. The molecule has 3 rings (SSSR count). The van der Waals surface area contributed by atoms with E-state index in [0.717, 1.165) is 55.4 Å². The summed E-state index contributed by atoms with van der Waals surface area (Å²) in [4.78, 5) is 17.2. The number of hydrogen-bond acceptors (Lipinski definition) is 4. The van der Waals surface area contributed by atoms with E-state index in [9.17, 15) is 4.79 Å². The molecule has 0 saturated carbocycles. The maximum atomic E-state index is 12.8. The van der Waals surface area contributed by atoms with Crippen LogP contribution >= 0.6 is 0 Å². The van der Waals surface area contributed by atoms with Gasteiger partial charge in [0.1, 0.15) is 0 Å². The summed E-state index contributed by atoms with van der Waals surface area (Å²) in [5.74, 6) is 0.107. The second-order valence-corrected chi connectivity index (χ2v) is 6.65. The van der Waals surface area contributed by atoms with E-state index in [4.69, 9.17) is 0 Å². The number of aryl methyl sites for hydroxylation is 4. The number of aromatic nitrogens is 4. The first-order valence-corrected chi connectivity index (χ1v) is 8.37. The zero-order valence-corrected chi connectivity index (χ0v) is 15.2. The molecule has 2 aromatic heterocycles. The largest absolute Gasteiger partial charge is 0.336 e. The summed E-state index contributed by atoms with van der Waals surface area (Å²) in [6, 6.07) is 0. The van der Waals surface area contributed by atoms with Crippen molar-refractivity contribution in [3.05, 3.63) is 34.4 Å². The minimum absolute atomic E-state index is 0.107. The first-order chi connectivity index (χ1) is 11.4. The average Bonchev–Trinajstić information content (AvgIpc) is 2.98. The van der Waals surface area contributed by atoms with Crippen molar-refractivity contribution < 1.29 is 4.79 Å². The smallest absolute Gasteiger partial charge is 0.257 e. The SMILES string of the molecule is Cc1nn(C)cc1CN1CCN(C(=O)c2c(C)nn(C)c2C)CC1. The van der Waals surface area contributed by atoms with E-state index >= 15 is 0 Å². The lowest BCUT2D eigenvalue weighted by molar-refractivity contribution is 0.0626. The third-order valence-electron chi connectivity index (χ3n) is 4.89. The zero-order valence-electron chi connectivity index (χ0n) is 15.2. The van der Waals surface area contributed by atoms with E-state index in [2.05, 4.69) is 21.3 Å². The van der Waals surface area contributed by atoms with Gasteiger partial charge in [-0.3, -0.25) is 19.1 Å². The van der Waals surface area contributed by atoms with Crippen molar-refractivity contribution in [2.45, 2.75) is 27.3 Å². The van der Waals surface area contributed by atoms with Crippen molar-refractivity contribution in [2.75, 3.05) is 26.2 Å². The van der Waals surface area contributed by atoms with E-state index in [0.29, 0.717) is 0 Å². The number of nitrogens with zero attached hydrogens (tertiary/aromatic N) is 6. The fourth-order valence-corrected chi connectivity index (χ4v) is 3.40. The van der Waals surface area contributed by atoms with Gasteiger partial charge in [0.25, 0.3) is 5.91 Å². The predicted octanol–water partition coefficient (Wildman–Crippen LogP) is 1.04. The summed E-state index contributed by atoms with van der Waals surface area (Å²) in [6.07, 6.45) is 2.08. The van der Waals surface area contributed by atoms with Gasteiger partial charge in [0, 0.05) is 64.3 Å². The summed E-state index contributed by atoms with van der Waals surface area (Å²) in [5, 5.41) is 8.76. The Bertz CT molecular complexity index is 751. The third-order valence-corrected chi connectivity index (χ3v) is 4.89. The Morgan fingerprint density at radius 3 is 2.21 bits per heavy atom. The van der Waals surface area contributed by atoms with Gasteiger partial charge in [0.15, 0.2) is 0 Å². The second kappa shape index (κ2) is 6.39. The summed E-state index contributed by atoms with van der Waals surface area (Å²) >= 11 is 0. The highest BCUT2D eigenvalue weighted by Crippen LogP contribution is 2.17. The van der Waals surface area contributed by atoms with Crippen LogP contribution in [0, 0.1) is 20.8 Å². The van der Waals surface area contributed by atoms with E-state index in [1.807, 2.05) is 44.4 Å². The Labute approximate surface area is 142 Å². The molecule has 0 bridgehead atoms. The molecule has 24 heavy (non-hydrogen) atoms. The molecule has 2 aromatic rings. The molecule has 1 aliphatic heterocycles. The fourth-order valence-electron chi connectivity index (χ4n) is 3.40.